The molecule has 0 spiro atoms. The molecule has 2 heterocycles. The number of carbonyl (C=O) groups excluding carboxylic acids is 2. The van der Waals surface area contributed by atoms with Crippen LogP contribution in [0.3, 0.4) is 0 Å². The Morgan fingerprint density at radius 3 is 2.29 bits per heavy atom. The second-order valence-electron chi connectivity index (χ2n) is 9.32. The van der Waals surface area contributed by atoms with Gasteiger partial charge in [-0.3, -0.25) is 9.59 Å². The Balaban J connectivity index is 1.38. The zero-order valence-corrected chi connectivity index (χ0v) is 19.5. The van der Waals surface area contributed by atoms with E-state index in [0.717, 1.165) is 83.1 Å². The average Bonchev–Trinajstić information content (AvgIpc) is 2.83. The Bertz CT molecular complexity index is 677. The van der Waals surface area contributed by atoms with Gasteiger partial charge in [-0.15, -0.1) is 0 Å². The number of likely N-dealkylation sites (tertiary alicyclic amines) is 2. The minimum absolute atomic E-state index is 0.130. The fraction of sp³-hybridized carbons (Fsp3) is 0.692. The van der Waals surface area contributed by atoms with Crippen molar-refractivity contribution in [1.82, 2.24) is 15.1 Å². The number of amides is 2. The van der Waals surface area contributed by atoms with Gasteiger partial charge in [-0.1, -0.05) is 57.0 Å². The second-order valence-corrected chi connectivity index (χ2v) is 9.32. The average molecular weight is 428 g/mol. The van der Waals surface area contributed by atoms with Gasteiger partial charge in [0.25, 0.3) is 0 Å². The lowest BCUT2D eigenvalue weighted by Crippen LogP contribution is -2.51. The summed E-state index contributed by atoms with van der Waals surface area (Å²) < 4.78 is 0. The largest absolute Gasteiger partial charge is 0.352 e. The highest BCUT2D eigenvalue weighted by molar-refractivity contribution is 5.79. The van der Waals surface area contributed by atoms with Gasteiger partial charge in [0.05, 0.1) is 0 Å². The summed E-state index contributed by atoms with van der Waals surface area (Å²) in [5, 5.41) is 3.11. The predicted octanol–water partition coefficient (Wildman–Crippen LogP) is 4.22. The van der Waals surface area contributed by atoms with Crippen LogP contribution in [0.4, 0.5) is 0 Å². The number of benzene rings is 1. The molecule has 3 rings (SSSR count). The quantitative estimate of drug-likeness (QED) is 0.642. The van der Waals surface area contributed by atoms with Gasteiger partial charge in [0.1, 0.15) is 0 Å². The molecule has 2 aliphatic heterocycles. The highest BCUT2D eigenvalue weighted by atomic mass is 16.2. The summed E-state index contributed by atoms with van der Waals surface area (Å²) in [5.41, 5.74) is 1.15. The van der Waals surface area contributed by atoms with Crippen molar-refractivity contribution < 1.29 is 9.59 Å². The smallest absolute Gasteiger partial charge is 0.225 e. The molecule has 1 unspecified atom stereocenters. The first-order valence-corrected chi connectivity index (χ1v) is 12.5. The van der Waals surface area contributed by atoms with E-state index >= 15 is 0 Å². The standard InChI is InChI=1S/C26H41N3O2/c1-3-5-11-22(4-2)26(31)29-18-14-24(15-19-29)28-16-12-23(13-17-28)25(30)27-20-21-9-7-6-8-10-21/h6-10,22-24H,3-5,11-20H2,1-2H3,(H,27,30). The first-order chi connectivity index (χ1) is 15.1. The second kappa shape index (κ2) is 12.2. The van der Waals surface area contributed by atoms with Gasteiger partial charge < -0.3 is 15.1 Å². The summed E-state index contributed by atoms with van der Waals surface area (Å²) in [4.78, 5) is 30.1. The third-order valence-electron chi connectivity index (χ3n) is 7.25. The first-order valence-electron chi connectivity index (χ1n) is 12.5. The topological polar surface area (TPSA) is 52.7 Å². The molecule has 0 aromatic heterocycles. The molecule has 5 heteroatoms. The minimum atomic E-state index is 0.130. The SMILES string of the molecule is CCCCC(CC)C(=O)N1CCC(N2CCC(C(=O)NCc3ccccc3)CC2)CC1. The summed E-state index contributed by atoms with van der Waals surface area (Å²) in [6, 6.07) is 10.7. The number of unbranched alkanes of at least 4 members (excludes halogenated alkanes) is 1. The van der Waals surface area contributed by atoms with E-state index in [1.165, 1.54) is 0 Å². The lowest BCUT2D eigenvalue weighted by molar-refractivity contribution is -0.138. The summed E-state index contributed by atoms with van der Waals surface area (Å²) in [5.74, 6) is 0.914. The normalized spacial score (nSPS) is 19.9. The predicted molar refractivity (Wildman–Crippen MR) is 125 cm³/mol. The lowest BCUT2D eigenvalue weighted by Gasteiger charge is -2.42. The maximum atomic E-state index is 12.9. The molecular formula is C26H41N3O2. The fourth-order valence-corrected chi connectivity index (χ4v) is 5.12. The number of nitrogens with one attached hydrogen (secondary N) is 1. The van der Waals surface area contributed by atoms with Crippen molar-refractivity contribution in [1.29, 1.82) is 0 Å². The molecule has 2 aliphatic rings. The Hall–Kier alpha value is -1.88. The van der Waals surface area contributed by atoms with E-state index in [0.29, 0.717) is 18.5 Å². The van der Waals surface area contributed by atoms with Crippen LogP contribution in [0.2, 0.25) is 0 Å². The van der Waals surface area contributed by atoms with Crippen molar-refractivity contribution in [3.63, 3.8) is 0 Å². The molecule has 0 aliphatic carbocycles. The Morgan fingerprint density at radius 1 is 1.00 bits per heavy atom. The van der Waals surface area contributed by atoms with Gasteiger partial charge >= 0.3 is 0 Å². The van der Waals surface area contributed by atoms with E-state index < -0.39 is 0 Å². The number of piperidine rings is 2. The van der Waals surface area contributed by atoms with Crippen molar-refractivity contribution in [2.24, 2.45) is 11.8 Å². The zero-order valence-electron chi connectivity index (χ0n) is 19.5. The molecule has 31 heavy (non-hydrogen) atoms. The number of hydrogen-bond donors (Lipinski definition) is 1. The van der Waals surface area contributed by atoms with Gasteiger partial charge in [-0.25, -0.2) is 0 Å². The Labute approximate surface area is 188 Å². The van der Waals surface area contributed by atoms with Crippen LogP contribution in [0.25, 0.3) is 0 Å². The summed E-state index contributed by atoms with van der Waals surface area (Å²) in [7, 11) is 0. The molecule has 5 nitrogen and oxygen atoms in total. The lowest BCUT2D eigenvalue weighted by atomic mass is 9.92. The van der Waals surface area contributed by atoms with Crippen molar-refractivity contribution >= 4 is 11.8 Å². The van der Waals surface area contributed by atoms with E-state index in [4.69, 9.17) is 0 Å². The maximum absolute atomic E-state index is 12.9. The number of hydrogen-bond acceptors (Lipinski definition) is 3. The van der Waals surface area contributed by atoms with Gasteiger partial charge in [-0.2, -0.15) is 0 Å². The van der Waals surface area contributed by atoms with Gasteiger partial charge in [0.15, 0.2) is 0 Å². The molecule has 172 valence electrons. The van der Waals surface area contributed by atoms with Crippen LogP contribution in [0, 0.1) is 11.8 Å². The first kappa shape index (κ1) is 23.8. The van der Waals surface area contributed by atoms with Gasteiger partial charge in [-0.05, 0) is 57.2 Å². The van der Waals surface area contributed by atoms with E-state index in [2.05, 4.69) is 29.0 Å². The Kier molecular flexibility index (Phi) is 9.38. The zero-order chi connectivity index (χ0) is 22.1. The van der Waals surface area contributed by atoms with Crippen LogP contribution in [0.15, 0.2) is 30.3 Å². The molecule has 1 N–H and O–H groups in total. The summed E-state index contributed by atoms with van der Waals surface area (Å²) in [6.45, 7) is 8.73. The molecule has 1 atom stereocenters. The van der Waals surface area contributed by atoms with Crippen molar-refractivity contribution in [2.45, 2.75) is 77.8 Å². The van der Waals surface area contributed by atoms with Crippen LogP contribution in [0.5, 0.6) is 0 Å². The number of nitrogens with zero attached hydrogens (tertiary/aromatic N) is 2. The van der Waals surface area contributed by atoms with E-state index in [1.54, 1.807) is 0 Å². The van der Waals surface area contributed by atoms with E-state index in [-0.39, 0.29) is 17.7 Å². The third-order valence-corrected chi connectivity index (χ3v) is 7.25. The maximum Gasteiger partial charge on any atom is 0.225 e. The molecule has 2 amide bonds. The molecule has 1 aromatic rings. The molecule has 0 saturated carbocycles. The van der Waals surface area contributed by atoms with Crippen LogP contribution >= 0.6 is 0 Å². The highest BCUT2D eigenvalue weighted by Crippen LogP contribution is 2.26. The molecule has 2 fully saturated rings. The molecule has 0 bridgehead atoms. The van der Waals surface area contributed by atoms with E-state index in [1.807, 2.05) is 30.3 Å². The molecule has 1 aromatic carbocycles. The van der Waals surface area contributed by atoms with Crippen molar-refractivity contribution in [3.05, 3.63) is 35.9 Å². The molecule has 0 radical (unpaired) electrons. The highest BCUT2D eigenvalue weighted by Gasteiger charge is 2.32. The van der Waals surface area contributed by atoms with Crippen molar-refractivity contribution in [2.75, 3.05) is 26.2 Å². The van der Waals surface area contributed by atoms with Crippen molar-refractivity contribution in [3.8, 4) is 0 Å². The molecular weight excluding hydrogens is 386 g/mol. The fourth-order valence-electron chi connectivity index (χ4n) is 5.12. The summed E-state index contributed by atoms with van der Waals surface area (Å²) >= 11 is 0. The number of carbonyl (C=O) groups is 2. The minimum Gasteiger partial charge on any atom is -0.352 e. The molecule has 2 saturated heterocycles. The Morgan fingerprint density at radius 2 is 1.68 bits per heavy atom. The van der Waals surface area contributed by atoms with Crippen LogP contribution in [-0.2, 0) is 16.1 Å². The summed E-state index contributed by atoms with van der Waals surface area (Å²) in [6.07, 6.45) is 8.32. The van der Waals surface area contributed by atoms with Crippen LogP contribution in [0.1, 0.15) is 70.8 Å². The third kappa shape index (κ3) is 6.80. The van der Waals surface area contributed by atoms with E-state index in [9.17, 15) is 9.59 Å². The van der Waals surface area contributed by atoms with Gasteiger partial charge in [0, 0.05) is 37.5 Å². The monoisotopic (exact) mass is 427 g/mol. The van der Waals surface area contributed by atoms with Crippen LogP contribution in [-0.4, -0.2) is 53.8 Å². The van der Waals surface area contributed by atoms with Crippen LogP contribution < -0.4 is 5.32 Å². The number of rotatable bonds is 9. The van der Waals surface area contributed by atoms with Gasteiger partial charge in [0.2, 0.25) is 11.8 Å².